The van der Waals surface area contributed by atoms with E-state index in [1.165, 1.54) is 5.56 Å². The standard InChI is InChI=1S/C19H20N2O3/c1-12(14-9-17-19(20-11-14)24-8-7-23-17)21-18(22)16-10-15(16)13-5-3-2-4-6-13/h2-6,9,11-12,15-16H,7-8,10H2,1H3,(H,21,22)/t12-,15+,16-/m0/s1. The Bertz CT molecular complexity index is 748. The third-order valence-electron chi connectivity index (χ3n) is 4.63. The molecule has 24 heavy (non-hydrogen) atoms. The van der Waals surface area contributed by atoms with Gasteiger partial charge in [-0.3, -0.25) is 4.79 Å². The molecule has 5 nitrogen and oxygen atoms in total. The number of carbonyl (C=O) groups is 1. The zero-order chi connectivity index (χ0) is 16.5. The summed E-state index contributed by atoms with van der Waals surface area (Å²) in [4.78, 5) is 16.7. The van der Waals surface area contributed by atoms with E-state index in [9.17, 15) is 4.79 Å². The Balaban J connectivity index is 1.40. The Hall–Kier alpha value is -2.56. The predicted molar refractivity (Wildman–Crippen MR) is 89.1 cm³/mol. The summed E-state index contributed by atoms with van der Waals surface area (Å²) in [5.74, 6) is 1.69. The van der Waals surface area contributed by atoms with Crippen molar-refractivity contribution in [2.75, 3.05) is 13.2 Å². The Morgan fingerprint density at radius 3 is 2.88 bits per heavy atom. The van der Waals surface area contributed by atoms with E-state index in [2.05, 4.69) is 22.4 Å². The van der Waals surface area contributed by atoms with Crippen molar-refractivity contribution < 1.29 is 14.3 Å². The van der Waals surface area contributed by atoms with Crippen LogP contribution in [-0.2, 0) is 4.79 Å². The third-order valence-corrected chi connectivity index (χ3v) is 4.63. The van der Waals surface area contributed by atoms with E-state index in [1.807, 2.05) is 31.2 Å². The van der Waals surface area contributed by atoms with Crippen molar-refractivity contribution in [1.82, 2.24) is 10.3 Å². The van der Waals surface area contributed by atoms with Gasteiger partial charge in [0.1, 0.15) is 13.2 Å². The topological polar surface area (TPSA) is 60.5 Å². The number of fused-ring (bicyclic) bond motifs is 1. The number of hydrogen-bond donors (Lipinski definition) is 1. The molecule has 124 valence electrons. The minimum absolute atomic E-state index is 0.0695. The Morgan fingerprint density at radius 1 is 1.25 bits per heavy atom. The molecule has 1 aliphatic heterocycles. The van der Waals surface area contributed by atoms with Crippen molar-refractivity contribution >= 4 is 5.91 Å². The number of rotatable bonds is 4. The van der Waals surface area contributed by atoms with E-state index in [4.69, 9.17) is 9.47 Å². The van der Waals surface area contributed by atoms with Crippen LogP contribution in [0, 0.1) is 5.92 Å². The van der Waals surface area contributed by atoms with Crippen LogP contribution in [0.15, 0.2) is 42.6 Å². The lowest BCUT2D eigenvalue weighted by molar-refractivity contribution is -0.123. The quantitative estimate of drug-likeness (QED) is 0.939. The molecular weight excluding hydrogens is 304 g/mol. The van der Waals surface area contributed by atoms with E-state index in [0.29, 0.717) is 30.8 Å². The molecular formula is C19H20N2O3. The van der Waals surface area contributed by atoms with Crippen molar-refractivity contribution in [3.05, 3.63) is 53.7 Å². The van der Waals surface area contributed by atoms with Gasteiger partial charge in [0, 0.05) is 12.1 Å². The molecule has 2 aromatic rings. The molecule has 0 radical (unpaired) electrons. The Morgan fingerprint density at radius 2 is 2.04 bits per heavy atom. The summed E-state index contributed by atoms with van der Waals surface area (Å²) in [6.45, 7) is 3.01. The zero-order valence-electron chi connectivity index (χ0n) is 13.6. The number of nitrogens with zero attached hydrogens (tertiary/aromatic N) is 1. The molecule has 1 N–H and O–H groups in total. The molecule has 1 aromatic heterocycles. The minimum atomic E-state index is -0.113. The number of pyridine rings is 1. The van der Waals surface area contributed by atoms with Gasteiger partial charge in [0.15, 0.2) is 5.75 Å². The molecule has 5 heteroatoms. The molecule has 0 saturated heterocycles. The minimum Gasteiger partial charge on any atom is -0.484 e. The van der Waals surface area contributed by atoms with E-state index in [-0.39, 0.29) is 17.9 Å². The number of ether oxygens (including phenoxy) is 2. The summed E-state index contributed by atoms with van der Waals surface area (Å²) in [6, 6.07) is 12.0. The van der Waals surface area contributed by atoms with Gasteiger partial charge in [-0.25, -0.2) is 4.98 Å². The average molecular weight is 324 g/mol. The van der Waals surface area contributed by atoms with Crippen molar-refractivity contribution in [3.8, 4) is 11.6 Å². The van der Waals surface area contributed by atoms with Gasteiger partial charge in [-0.2, -0.15) is 0 Å². The summed E-state index contributed by atoms with van der Waals surface area (Å²) in [6.07, 6.45) is 2.65. The Labute approximate surface area is 141 Å². The summed E-state index contributed by atoms with van der Waals surface area (Å²) >= 11 is 0. The normalized spacial score (nSPS) is 22.5. The lowest BCUT2D eigenvalue weighted by atomic mass is 10.1. The molecule has 2 heterocycles. The van der Waals surface area contributed by atoms with E-state index < -0.39 is 0 Å². The molecule has 0 unspecified atom stereocenters. The van der Waals surface area contributed by atoms with Gasteiger partial charge < -0.3 is 14.8 Å². The third kappa shape index (κ3) is 2.94. The molecule has 0 bridgehead atoms. The highest BCUT2D eigenvalue weighted by Gasteiger charge is 2.44. The number of amides is 1. The summed E-state index contributed by atoms with van der Waals surface area (Å²) in [5, 5.41) is 3.09. The molecule has 0 spiro atoms. The first-order chi connectivity index (χ1) is 11.7. The second-order valence-electron chi connectivity index (χ2n) is 6.36. The van der Waals surface area contributed by atoms with E-state index >= 15 is 0 Å². The molecule has 1 amide bonds. The fraction of sp³-hybridized carbons (Fsp3) is 0.368. The van der Waals surface area contributed by atoms with Crippen molar-refractivity contribution in [2.24, 2.45) is 5.92 Å². The fourth-order valence-corrected chi connectivity index (χ4v) is 3.14. The van der Waals surface area contributed by atoms with Crippen molar-refractivity contribution in [2.45, 2.75) is 25.3 Å². The highest BCUT2D eigenvalue weighted by atomic mass is 16.6. The highest BCUT2D eigenvalue weighted by molar-refractivity contribution is 5.83. The van der Waals surface area contributed by atoms with Gasteiger partial charge in [0.25, 0.3) is 5.88 Å². The summed E-state index contributed by atoms with van der Waals surface area (Å²) < 4.78 is 11.0. The van der Waals surface area contributed by atoms with Crippen LogP contribution in [0.1, 0.15) is 36.4 Å². The molecule has 2 aliphatic rings. The zero-order valence-corrected chi connectivity index (χ0v) is 13.6. The molecule has 1 fully saturated rings. The first-order valence-electron chi connectivity index (χ1n) is 8.33. The van der Waals surface area contributed by atoms with Gasteiger partial charge in [0.2, 0.25) is 5.91 Å². The monoisotopic (exact) mass is 324 g/mol. The summed E-state index contributed by atoms with van der Waals surface area (Å²) in [7, 11) is 0. The van der Waals surface area contributed by atoms with Crippen LogP contribution in [0.3, 0.4) is 0 Å². The van der Waals surface area contributed by atoms with Crippen LogP contribution < -0.4 is 14.8 Å². The maximum absolute atomic E-state index is 12.5. The van der Waals surface area contributed by atoms with Gasteiger partial charge >= 0.3 is 0 Å². The number of benzene rings is 1. The van der Waals surface area contributed by atoms with Crippen molar-refractivity contribution in [3.63, 3.8) is 0 Å². The SMILES string of the molecule is C[C@H](NC(=O)[C@H]1C[C@@H]1c1ccccc1)c1cnc2c(c1)OCCO2. The summed E-state index contributed by atoms with van der Waals surface area (Å²) in [5.41, 5.74) is 2.16. The van der Waals surface area contributed by atoms with Gasteiger partial charge in [-0.1, -0.05) is 30.3 Å². The van der Waals surface area contributed by atoms with Gasteiger partial charge in [-0.15, -0.1) is 0 Å². The predicted octanol–water partition coefficient (Wildman–Crippen LogP) is 2.83. The lowest BCUT2D eigenvalue weighted by Gasteiger charge is -2.20. The van der Waals surface area contributed by atoms with Crippen LogP contribution in [-0.4, -0.2) is 24.1 Å². The lowest BCUT2D eigenvalue weighted by Crippen LogP contribution is -2.28. The Kier molecular flexibility index (Phi) is 3.84. The highest BCUT2D eigenvalue weighted by Crippen LogP contribution is 2.47. The maximum atomic E-state index is 12.5. The van der Waals surface area contributed by atoms with Crippen LogP contribution >= 0.6 is 0 Å². The van der Waals surface area contributed by atoms with Crippen LogP contribution in [0.25, 0.3) is 0 Å². The number of carbonyl (C=O) groups excluding carboxylic acids is 1. The van der Waals surface area contributed by atoms with E-state index in [0.717, 1.165) is 12.0 Å². The van der Waals surface area contributed by atoms with Crippen LogP contribution in [0.4, 0.5) is 0 Å². The fourth-order valence-electron chi connectivity index (χ4n) is 3.14. The van der Waals surface area contributed by atoms with Gasteiger partial charge in [-0.05, 0) is 36.5 Å². The van der Waals surface area contributed by atoms with Crippen LogP contribution in [0.5, 0.6) is 11.6 Å². The molecule has 4 rings (SSSR count). The molecule has 1 aromatic carbocycles. The molecule has 1 aliphatic carbocycles. The van der Waals surface area contributed by atoms with Gasteiger partial charge in [0.05, 0.1) is 6.04 Å². The second-order valence-corrected chi connectivity index (χ2v) is 6.36. The maximum Gasteiger partial charge on any atom is 0.257 e. The first-order valence-corrected chi connectivity index (χ1v) is 8.33. The molecule has 1 saturated carbocycles. The van der Waals surface area contributed by atoms with Crippen LogP contribution in [0.2, 0.25) is 0 Å². The average Bonchev–Trinajstić information content (AvgIpc) is 3.43. The smallest absolute Gasteiger partial charge is 0.257 e. The second kappa shape index (κ2) is 6.15. The number of nitrogens with one attached hydrogen (secondary N) is 1. The number of aromatic nitrogens is 1. The largest absolute Gasteiger partial charge is 0.484 e. The van der Waals surface area contributed by atoms with Crippen molar-refractivity contribution in [1.29, 1.82) is 0 Å². The first kappa shape index (κ1) is 15.0. The number of hydrogen-bond acceptors (Lipinski definition) is 4. The van der Waals surface area contributed by atoms with E-state index in [1.54, 1.807) is 6.20 Å². The molecule has 3 atom stereocenters.